The number of amides is 3. The first-order valence-electron chi connectivity index (χ1n) is 9.60. The van der Waals surface area contributed by atoms with Gasteiger partial charge in [0.15, 0.2) is 0 Å². The second-order valence-electron chi connectivity index (χ2n) is 7.43. The normalized spacial score (nSPS) is 25.7. The number of likely N-dealkylation sites (N-methyl/N-ethyl adjacent to an activating group) is 1. The minimum absolute atomic E-state index is 0.0283. The second-order valence-corrected chi connectivity index (χ2v) is 7.43. The molecule has 1 aliphatic carbocycles. The molecule has 3 amide bonds. The number of benzene rings is 1. The van der Waals surface area contributed by atoms with Crippen LogP contribution in [0.3, 0.4) is 0 Å². The maximum absolute atomic E-state index is 12.9. The van der Waals surface area contributed by atoms with Gasteiger partial charge in [-0.2, -0.15) is 0 Å². The molecule has 2 fully saturated rings. The Labute approximate surface area is 159 Å². The first-order valence-corrected chi connectivity index (χ1v) is 9.60. The quantitative estimate of drug-likeness (QED) is 0.848. The Hall–Kier alpha value is -2.57. The van der Waals surface area contributed by atoms with Gasteiger partial charge in [-0.05, 0) is 50.7 Å². The number of carbonyl (C=O) groups excluding carboxylic acids is 2. The van der Waals surface area contributed by atoms with Crippen molar-refractivity contribution in [1.29, 1.82) is 0 Å². The van der Waals surface area contributed by atoms with Gasteiger partial charge in [0.2, 0.25) is 5.91 Å². The van der Waals surface area contributed by atoms with Gasteiger partial charge in [-0.3, -0.25) is 9.59 Å². The smallest absolute Gasteiger partial charge is 0.318 e. The lowest BCUT2D eigenvalue weighted by Crippen LogP contribution is -2.56. The molecule has 1 aromatic carbocycles. The first-order chi connectivity index (χ1) is 13.0. The minimum Gasteiger partial charge on any atom is -0.481 e. The molecular weight excluding hydrogens is 346 g/mol. The van der Waals surface area contributed by atoms with Crippen molar-refractivity contribution in [2.75, 3.05) is 18.5 Å². The van der Waals surface area contributed by atoms with E-state index >= 15 is 0 Å². The van der Waals surface area contributed by atoms with E-state index in [1.807, 2.05) is 30.3 Å². The fraction of sp³-hybridized carbons (Fsp3) is 0.550. The van der Waals surface area contributed by atoms with Crippen LogP contribution >= 0.6 is 0 Å². The van der Waals surface area contributed by atoms with Crippen molar-refractivity contribution in [3.05, 3.63) is 30.3 Å². The predicted molar refractivity (Wildman–Crippen MR) is 101 cm³/mol. The topological polar surface area (TPSA) is 89.9 Å². The van der Waals surface area contributed by atoms with Crippen molar-refractivity contribution in [3.8, 4) is 0 Å². The lowest BCUT2D eigenvalue weighted by Gasteiger charge is -2.37. The van der Waals surface area contributed by atoms with Crippen LogP contribution in [0.25, 0.3) is 0 Å². The predicted octanol–water partition coefficient (Wildman–Crippen LogP) is 2.47. The highest BCUT2D eigenvalue weighted by molar-refractivity contribution is 5.99. The lowest BCUT2D eigenvalue weighted by molar-refractivity contribution is -0.142. The molecule has 0 spiro atoms. The maximum Gasteiger partial charge on any atom is 0.318 e. The highest BCUT2D eigenvalue weighted by atomic mass is 16.4. The number of urea groups is 1. The Morgan fingerprint density at radius 2 is 1.78 bits per heavy atom. The SMILES string of the molecule is CN(C(=O)NC1CCC(C(=O)O)CC1)C1CCCN(c2ccccc2)C1=O. The maximum atomic E-state index is 12.9. The third-order valence-corrected chi connectivity index (χ3v) is 5.67. The van der Waals surface area contributed by atoms with Gasteiger partial charge in [0.05, 0.1) is 5.92 Å². The zero-order chi connectivity index (χ0) is 19.4. The summed E-state index contributed by atoms with van der Waals surface area (Å²) in [5.74, 6) is -1.12. The van der Waals surface area contributed by atoms with Crippen LogP contribution in [0.15, 0.2) is 30.3 Å². The number of carbonyl (C=O) groups is 3. The summed E-state index contributed by atoms with van der Waals surface area (Å²) in [5, 5.41) is 12.0. The molecule has 1 saturated heterocycles. The van der Waals surface area contributed by atoms with Gasteiger partial charge in [0, 0.05) is 25.3 Å². The van der Waals surface area contributed by atoms with Gasteiger partial charge < -0.3 is 20.2 Å². The number of carboxylic acids is 1. The third-order valence-electron chi connectivity index (χ3n) is 5.67. The third kappa shape index (κ3) is 4.40. The number of para-hydroxylation sites is 1. The van der Waals surface area contributed by atoms with E-state index in [-0.39, 0.29) is 23.9 Å². The Kier molecular flexibility index (Phi) is 5.98. The van der Waals surface area contributed by atoms with Gasteiger partial charge in [-0.1, -0.05) is 18.2 Å². The van der Waals surface area contributed by atoms with Crippen LogP contribution in [-0.4, -0.2) is 53.6 Å². The molecule has 2 aliphatic rings. The number of carboxylic acid groups (broad SMARTS) is 1. The van der Waals surface area contributed by atoms with Gasteiger partial charge >= 0.3 is 12.0 Å². The average Bonchev–Trinajstić information content (AvgIpc) is 2.68. The number of anilines is 1. The molecule has 27 heavy (non-hydrogen) atoms. The summed E-state index contributed by atoms with van der Waals surface area (Å²) >= 11 is 0. The summed E-state index contributed by atoms with van der Waals surface area (Å²) in [4.78, 5) is 39.9. The van der Waals surface area contributed by atoms with E-state index in [0.29, 0.717) is 38.6 Å². The Morgan fingerprint density at radius 3 is 2.41 bits per heavy atom. The molecule has 7 heteroatoms. The number of piperidine rings is 1. The van der Waals surface area contributed by atoms with Gasteiger partial charge in [-0.15, -0.1) is 0 Å². The number of hydrogen-bond acceptors (Lipinski definition) is 3. The lowest BCUT2D eigenvalue weighted by atomic mass is 9.86. The number of rotatable bonds is 4. The molecule has 0 aromatic heterocycles. The van der Waals surface area contributed by atoms with Crippen LogP contribution in [-0.2, 0) is 9.59 Å². The van der Waals surface area contributed by atoms with Gasteiger partial charge in [0.1, 0.15) is 6.04 Å². The molecule has 1 aliphatic heterocycles. The average molecular weight is 373 g/mol. The van der Waals surface area contributed by atoms with E-state index < -0.39 is 12.0 Å². The molecule has 2 N–H and O–H groups in total. The Bertz CT molecular complexity index is 686. The van der Waals surface area contributed by atoms with Crippen molar-refractivity contribution >= 4 is 23.6 Å². The largest absolute Gasteiger partial charge is 0.481 e. The van der Waals surface area contributed by atoms with Crippen LogP contribution < -0.4 is 10.2 Å². The Balaban J connectivity index is 1.58. The van der Waals surface area contributed by atoms with E-state index in [0.717, 1.165) is 12.1 Å². The minimum atomic E-state index is -0.759. The molecule has 1 atom stereocenters. The van der Waals surface area contributed by atoms with Crippen molar-refractivity contribution < 1.29 is 19.5 Å². The number of hydrogen-bond donors (Lipinski definition) is 2. The highest BCUT2D eigenvalue weighted by Gasteiger charge is 2.35. The fourth-order valence-electron chi connectivity index (χ4n) is 3.98. The molecule has 146 valence electrons. The summed E-state index contributed by atoms with van der Waals surface area (Å²) in [6.07, 6.45) is 3.96. The van der Waals surface area contributed by atoms with Crippen LogP contribution in [0.4, 0.5) is 10.5 Å². The second kappa shape index (κ2) is 8.41. The highest BCUT2D eigenvalue weighted by Crippen LogP contribution is 2.26. The van der Waals surface area contributed by atoms with Crippen LogP contribution in [0.2, 0.25) is 0 Å². The summed E-state index contributed by atoms with van der Waals surface area (Å²) in [7, 11) is 1.66. The molecule has 0 bridgehead atoms. The number of aliphatic carboxylic acids is 1. The van der Waals surface area contributed by atoms with Gasteiger partial charge in [0.25, 0.3) is 0 Å². The van der Waals surface area contributed by atoms with Crippen molar-refractivity contribution in [3.63, 3.8) is 0 Å². The summed E-state index contributed by atoms with van der Waals surface area (Å²) in [6.45, 7) is 0.661. The van der Waals surface area contributed by atoms with E-state index in [1.165, 1.54) is 4.90 Å². The zero-order valence-electron chi connectivity index (χ0n) is 15.6. The molecule has 3 rings (SSSR count). The van der Waals surface area contributed by atoms with E-state index in [2.05, 4.69) is 5.32 Å². The Morgan fingerprint density at radius 1 is 1.11 bits per heavy atom. The van der Waals surface area contributed by atoms with Crippen LogP contribution in [0.1, 0.15) is 38.5 Å². The molecule has 0 radical (unpaired) electrons. The zero-order valence-corrected chi connectivity index (χ0v) is 15.6. The number of nitrogens with one attached hydrogen (secondary N) is 1. The van der Waals surface area contributed by atoms with Crippen molar-refractivity contribution in [1.82, 2.24) is 10.2 Å². The van der Waals surface area contributed by atoms with Crippen molar-refractivity contribution in [2.45, 2.75) is 50.6 Å². The van der Waals surface area contributed by atoms with E-state index in [1.54, 1.807) is 11.9 Å². The number of nitrogens with zero attached hydrogens (tertiary/aromatic N) is 2. The molecule has 1 unspecified atom stereocenters. The monoisotopic (exact) mass is 373 g/mol. The molecular formula is C20H27N3O4. The summed E-state index contributed by atoms with van der Waals surface area (Å²) in [6, 6.07) is 8.75. The first kappa shape index (κ1) is 19.2. The van der Waals surface area contributed by atoms with E-state index in [9.17, 15) is 14.4 Å². The fourth-order valence-corrected chi connectivity index (χ4v) is 3.98. The summed E-state index contributed by atoms with van der Waals surface area (Å²) < 4.78 is 0. The van der Waals surface area contributed by atoms with Crippen LogP contribution in [0.5, 0.6) is 0 Å². The molecule has 1 heterocycles. The molecule has 7 nitrogen and oxygen atoms in total. The summed E-state index contributed by atoms with van der Waals surface area (Å²) in [5.41, 5.74) is 0.855. The molecule has 1 saturated carbocycles. The van der Waals surface area contributed by atoms with Crippen molar-refractivity contribution in [2.24, 2.45) is 5.92 Å². The molecule has 1 aromatic rings. The van der Waals surface area contributed by atoms with Gasteiger partial charge in [-0.25, -0.2) is 4.79 Å². The standard InChI is InChI=1S/C20H27N3O4/c1-22(20(27)21-15-11-9-14(10-12-15)19(25)26)17-8-5-13-23(18(17)24)16-6-3-2-4-7-16/h2-4,6-7,14-15,17H,5,8-13H2,1H3,(H,21,27)(H,25,26). The van der Waals surface area contributed by atoms with E-state index in [4.69, 9.17) is 5.11 Å². The van der Waals surface area contributed by atoms with Crippen LogP contribution in [0, 0.1) is 5.92 Å².